The van der Waals surface area contributed by atoms with Gasteiger partial charge in [-0.15, -0.1) is 0 Å². The topological polar surface area (TPSA) is 26.0 Å². The van der Waals surface area contributed by atoms with Crippen molar-refractivity contribution >= 4 is 0 Å². The Balaban J connectivity index is 4.03. The zero-order chi connectivity index (χ0) is 9.78. The van der Waals surface area contributed by atoms with E-state index in [1.165, 1.54) is 5.57 Å². The predicted molar refractivity (Wildman–Crippen MR) is 55.8 cm³/mol. The van der Waals surface area contributed by atoms with Crippen LogP contribution >= 0.6 is 0 Å². The Kier molecular flexibility index (Phi) is 4.36. The fourth-order valence-electron chi connectivity index (χ4n) is 1.40. The van der Waals surface area contributed by atoms with Crippen LogP contribution in [0.5, 0.6) is 0 Å². The van der Waals surface area contributed by atoms with Crippen molar-refractivity contribution in [2.45, 2.75) is 47.5 Å². The first-order valence-electron chi connectivity index (χ1n) is 4.75. The quantitative estimate of drug-likeness (QED) is 0.689. The summed E-state index contributed by atoms with van der Waals surface area (Å²) in [4.78, 5) is 0. The SMILES string of the molecule is CC(C)C/C(=C/N)CC(C)(C)C. The molecule has 0 aliphatic rings. The lowest BCUT2D eigenvalue weighted by atomic mass is 9.85. The van der Waals surface area contributed by atoms with Gasteiger partial charge in [-0.25, -0.2) is 0 Å². The highest BCUT2D eigenvalue weighted by Crippen LogP contribution is 2.26. The minimum absolute atomic E-state index is 0.361. The first-order valence-corrected chi connectivity index (χ1v) is 4.75. The Bertz CT molecular complexity index is 149. The molecule has 0 aromatic carbocycles. The van der Waals surface area contributed by atoms with Crippen molar-refractivity contribution < 1.29 is 0 Å². The van der Waals surface area contributed by atoms with Crippen molar-refractivity contribution in [1.29, 1.82) is 0 Å². The van der Waals surface area contributed by atoms with E-state index in [1.807, 2.05) is 0 Å². The Morgan fingerprint density at radius 1 is 1.33 bits per heavy atom. The fourth-order valence-corrected chi connectivity index (χ4v) is 1.40. The maximum absolute atomic E-state index is 5.57. The molecule has 0 amide bonds. The van der Waals surface area contributed by atoms with Crippen molar-refractivity contribution in [2.24, 2.45) is 17.1 Å². The normalized spacial score (nSPS) is 14.0. The Labute approximate surface area is 77.0 Å². The van der Waals surface area contributed by atoms with E-state index in [2.05, 4.69) is 34.6 Å². The molecule has 1 heteroatoms. The summed E-state index contributed by atoms with van der Waals surface area (Å²) >= 11 is 0. The van der Waals surface area contributed by atoms with Crippen LogP contribution in [0.1, 0.15) is 47.5 Å². The van der Waals surface area contributed by atoms with Crippen LogP contribution in [0.3, 0.4) is 0 Å². The van der Waals surface area contributed by atoms with Gasteiger partial charge in [0.1, 0.15) is 0 Å². The fraction of sp³-hybridized carbons (Fsp3) is 0.818. The summed E-state index contributed by atoms with van der Waals surface area (Å²) < 4.78 is 0. The van der Waals surface area contributed by atoms with E-state index in [4.69, 9.17) is 5.73 Å². The molecule has 0 aromatic rings. The van der Waals surface area contributed by atoms with Gasteiger partial charge in [-0.05, 0) is 30.4 Å². The molecule has 0 aromatic heterocycles. The van der Waals surface area contributed by atoms with Gasteiger partial charge in [0, 0.05) is 0 Å². The van der Waals surface area contributed by atoms with Gasteiger partial charge in [-0.1, -0.05) is 40.2 Å². The molecule has 0 saturated carbocycles. The minimum atomic E-state index is 0.361. The molecular weight excluding hydrogens is 146 g/mol. The van der Waals surface area contributed by atoms with Gasteiger partial charge in [0.25, 0.3) is 0 Å². The third-order valence-corrected chi connectivity index (χ3v) is 1.66. The highest BCUT2D eigenvalue weighted by atomic mass is 14.5. The summed E-state index contributed by atoms with van der Waals surface area (Å²) in [5.41, 5.74) is 7.31. The van der Waals surface area contributed by atoms with Gasteiger partial charge in [-0.2, -0.15) is 0 Å². The number of allylic oxidation sites excluding steroid dienone is 1. The van der Waals surface area contributed by atoms with Crippen molar-refractivity contribution in [1.82, 2.24) is 0 Å². The number of nitrogens with two attached hydrogens (primary N) is 1. The lowest BCUT2D eigenvalue weighted by Crippen LogP contribution is -2.08. The zero-order valence-electron chi connectivity index (χ0n) is 9.15. The molecule has 12 heavy (non-hydrogen) atoms. The molecule has 72 valence electrons. The summed E-state index contributed by atoms with van der Waals surface area (Å²) in [6.07, 6.45) is 4.03. The summed E-state index contributed by atoms with van der Waals surface area (Å²) in [7, 11) is 0. The predicted octanol–water partition coefficient (Wildman–Crippen LogP) is 3.31. The van der Waals surface area contributed by atoms with Crippen LogP contribution in [0, 0.1) is 11.3 Å². The van der Waals surface area contributed by atoms with Crippen LogP contribution in [-0.4, -0.2) is 0 Å². The van der Waals surface area contributed by atoms with Gasteiger partial charge < -0.3 is 5.73 Å². The van der Waals surface area contributed by atoms with E-state index in [-0.39, 0.29) is 0 Å². The standard InChI is InChI=1S/C11H23N/c1-9(2)6-10(8-12)7-11(3,4)5/h8-9H,6-7,12H2,1-5H3/b10-8-. The molecule has 0 fully saturated rings. The highest BCUT2D eigenvalue weighted by Gasteiger charge is 2.13. The van der Waals surface area contributed by atoms with Gasteiger partial charge in [0.15, 0.2) is 0 Å². The third-order valence-electron chi connectivity index (χ3n) is 1.66. The molecule has 0 spiro atoms. The Morgan fingerprint density at radius 2 is 1.83 bits per heavy atom. The van der Waals surface area contributed by atoms with E-state index >= 15 is 0 Å². The van der Waals surface area contributed by atoms with E-state index in [1.54, 1.807) is 6.20 Å². The van der Waals surface area contributed by atoms with Crippen molar-refractivity contribution in [2.75, 3.05) is 0 Å². The van der Waals surface area contributed by atoms with E-state index < -0.39 is 0 Å². The number of hydrogen-bond donors (Lipinski definition) is 1. The van der Waals surface area contributed by atoms with Crippen molar-refractivity contribution in [3.8, 4) is 0 Å². The molecule has 0 radical (unpaired) electrons. The summed E-state index contributed by atoms with van der Waals surface area (Å²) in [6.45, 7) is 11.2. The van der Waals surface area contributed by atoms with Crippen LogP contribution in [-0.2, 0) is 0 Å². The van der Waals surface area contributed by atoms with Crippen LogP contribution in [0.4, 0.5) is 0 Å². The molecular formula is C11H23N. The molecule has 0 rings (SSSR count). The lowest BCUT2D eigenvalue weighted by molar-refractivity contribution is 0.397. The Morgan fingerprint density at radius 3 is 2.08 bits per heavy atom. The molecule has 0 atom stereocenters. The maximum Gasteiger partial charge on any atom is -0.00702 e. The number of rotatable bonds is 3. The molecule has 0 aliphatic carbocycles. The average molecular weight is 169 g/mol. The van der Waals surface area contributed by atoms with Crippen molar-refractivity contribution in [3.63, 3.8) is 0 Å². The zero-order valence-corrected chi connectivity index (χ0v) is 9.15. The molecule has 0 bridgehead atoms. The second kappa shape index (κ2) is 4.54. The molecule has 0 aliphatic heterocycles. The molecule has 1 nitrogen and oxygen atoms in total. The highest BCUT2D eigenvalue weighted by molar-refractivity contribution is 5.02. The first-order chi connectivity index (χ1) is 5.35. The number of hydrogen-bond acceptors (Lipinski definition) is 1. The molecule has 0 saturated heterocycles. The largest absolute Gasteiger partial charge is 0.405 e. The third kappa shape index (κ3) is 6.26. The second-order valence-corrected chi connectivity index (χ2v) is 5.16. The van der Waals surface area contributed by atoms with E-state index in [9.17, 15) is 0 Å². The summed E-state index contributed by atoms with van der Waals surface area (Å²) in [5.74, 6) is 0.710. The molecule has 0 unspecified atom stereocenters. The van der Waals surface area contributed by atoms with E-state index in [0.717, 1.165) is 12.8 Å². The van der Waals surface area contributed by atoms with Gasteiger partial charge in [0.05, 0.1) is 0 Å². The van der Waals surface area contributed by atoms with Crippen LogP contribution in [0.25, 0.3) is 0 Å². The smallest absolute Gasteiger partial charge is 0.00702 e. The van der Waals surface area contributed by atoms with Crippen molar-refractivity contribution in [3.05, 3.63) is 11.8 Å². The molecule has 0 heterocycles. The van der Waals surface area contributed by atoms with Gasteiger partial charge in [-0.3, -0.25) is 0 Å². The van der Waals surface area contributed by atoms with E-state index in [0.29, 0.717) is 11.3 Å². The first kappa shape index (κ1) is 11.5. The second-order valence-electron chi connectivity index (χ2n) is 5.16. The average Bonchev–Trinajstić information content (AvgIpc) is 1.82. The van der Waals surface area contributed by atoms with Crippen LogP contribution < -0.4 is 5.73 Å². The lowest BCUT2D eigenvalue weighted by Gasteiger charge is -2.21. The maximum atomic E-state index is 5.57. The van der Waals surface area contributed by atoms with Gasteiger partial charge >= 0.3 is 0 Å². The van der Waals surface area contributed by atoms with Crippen LogP contribution in [0.15, 0.2) is 11.8 Å². The molecule has 2 N–H and O–H groups in total. The Hall–Kier alpha value is -0.460. The summed E-state index contributed by atoms with van der Waals surface area (Å²) in [5, 5.41) is 0. The van der Waals surface area contributed by atoms with Crippen LogP contribution in [0.2, 0.25) is 0 Å². The monoisotopic (exact) mass is 169 g/mol. The summed E-state index contributed by atoms with van der Waals surface area (Å²) in [6, 6.07) is 0. The minimum Gasteiger partial charge on any atom is -0.405 e. The van der Waals surface area contributed by atoms with Gasteiger partial charge in [0.2, 0.25) is 0 Å².